The van der Waals surface area contributed by atoms with Crippen molar-refractivity contribution in [3.63, 3.8) is 0 Å². The molecule has 0 radical (unpaired) electrons. The summed E-state index contributed by atoms with van der Waals surface area (Å²) in [4.78, 5) is 18.9. The molecule has 1 atom stereocenters. The van der Waals surface area contributed by atoms with Crippen LogP contribution in [0.1, 0.15) is 36.0 Å². The number of likely N-dealkylation sites (tertiary alicyclic amines) is 1. The van der Waals surface area contributed by atoms with E-state index in [2.05, 4.69) is 15.2 Å². The Morgan fingerprint density at radius 3 is 2.78 bits per heavy atom. The first-order chi connectivity index (χ1) is 13.2. The van der Waals surface area contributed by atoms with Gasteiger partial charge < -0.3 is 16.2 Å². The van der Waals surface area contributed by atoms with Crippen LogP contribution in [0.2, 0.25) is 0 Å². The van der Waals surface area contributed by atoms with Gasteiger partial charge in [0.05, 0.1) is 12.3 Å². The molecule has 1 aliphatic rings. The minimum Gasteiger partial charge on any atom is -0.395 e. The normalized spacial score (nSPS) is 17.6. The van der Waals surface area contributed by atoms with E-state index in [-0.39, 0.29) is 18.6 Å². The molecular weight excluding hydrogens is 340 g/mol. The van der Waals surface area contributed by atoms with Crippen LogP contribution >= 0.6 is 0 Å². The number of piperidine rings is 1. The molecule has 1 aromatic carbocycles. The molecule has 1 amide bonds. The molecular formula is C21H28N4O2. The van der Waals surface area contributed by atoms with Crippen LogP contribution in [0, 0.1) is 0 Å². The molecule has 1 saturated heterocycles. The van der Waals surface area contributed by atoms with E-state index in [4.69, 9.17) is 5.73 Å². The van der Waals surface area contributed by atoms with Gasteiger partial charge in [0.2, 0.25) is 0 Å². The highest BCUT2D eigenvalue weighted by atomic mass is 16.3. The summed E-state index contributed by atoms with van der Waals surface area (Å²) in [5, 5.41) is 12.4. The lowest BCUT2D eigenvalue weighted by Crippen LogP contribution is -2.43. The quantitative estimate of drug-likeness (QED) is 0.652. The smallest absolute Gasteiger partial charge is 0.251 e. The summed E-state index contributed by atoms with van der Waals surface area (Å²) in [6, 6.07) is 13.2. The highest BCUT2D eigenvalue weighted by molar-refractivity contribution is 5.94. The SMILES string of the molecule is Nc1cccc(-c2ccc(C(=O)NCCCN3CCCCC3CO)cc2)n1. The highest BCUT2D eigenvalue weighted by Crippen LogP contribution is 2.19. The van der Waals surface area contributed by atoms with Crippen LogP contribution < -0.4 is 11.1 Å². The number of aliphatic hydroxyl groups is 1. The maximum absolute atomic E-state index is 12.3. The molecule has 0 aliphatic carbocycles. The van der Waals surface area contributed by atoms with Crippen molar-refractivity contribution >= 4 is 11.7 Å². The molecule has 2 heterocycles. The second kappa shape index (κ2) is 9.48. The fraction of sp³-hybridized carbons (Fsp3) is 0.429. The van der Waals surface area contributed by atoms with Crippen molar-refractivity contribution in [2.45, 2.75) is 31.7 Å². The average Bonchev–Trinajstić information content (AvgIpc) is 2.71. The van der Waals surface area contributed by atoms with Gasteiger partial charge in [-0.15, -0.1) is 0 Å². The number of amides is 1. The van der Waals surface area contributed by atoms with Crippen molar-refractivity contribution in [2.75, 3.05) is 32.0 Å². The molecule has 1 aliphatic heterocycles. The van der Waals surface area contributed by atoms with E-state index in [1.165, 1.54) is 12.8 Å². The zero-order valence-electron chi connectivity index (χ0n) is 15.6. The van der Waals surface area contributed by atoms with E-state index in [1.807, 2.05) is 36.4 Å². The number of nitrogens with one attached hydrogen (secondary N) is 1. The average molecular weight is 368 g/mol. The van der Waals surface area contributed by atoms with Gasteiger partial charge >= 0.3 is 0 Å². The summed E-state index contributed by atoms with van der Waals surface area (Å²) in [5.41, 5.74) is 8.08. The predicted octanol–water partition coefficient (Wildman–Crippen LogP) is 2.30. The van der Waals surface area contributed by atoms with Crippen LogP contribution in [0.25, 0.3) is 11.3 Å². The van der Waals surface area contributed by atoms with Crippen molar-refractivity contribution in [1.82, 2.24) is 15.2 Å². The van der Waals surface area contributed by atoms with Crippen molar-refractivity contribution in [1.29, 1.82) is 0 Å². The van der Waals surface area contributed by atoms with Gasteiger partial charge in [-0.3, -0.25) is 9.69 Å². The van der Waals surface area contributed by atoms with Gasteiger partial charge in [-0.1, -0.05) is 24.6 Å². The number of carbonyl (C=O) groups excluding carboxylic acids is 1. The van der Waals surface area contributed by atoms with Crippen molar-refractivity contribution in [3.8, 4) is 11.3 Å². The van der Waals surface area contributed by atoms with Crippen LogP contribution in [0.3, 0.4) is 0 Å². The standard InChI is InChI=1S/C21H28N4O2/c22-20-7-3-6-19(24-20)16-8-10-17(11-9-16)21(27)23-12-4-14-25-13-2-1-5-18(25)15-26/h3,6-11,18,26H,1-2,4-5,12-15H2,(H2,22,24)(H,23,27). The Morgan fingerprint density at radius 2 is 2.04 bits per heavy atom. The Morgan fingerprint density at radius 1 is 1.22 bits per heavy atom. The zero-order chi connectivity index (χ0) is 19.1. The number of carbonyl (C=O) groups is 1. The molecule has 0 spiro atoms. The van der Waals surface area contributed by atoms with Crippen molar-refractivity contribution in [3.05, 3.63) is 48.0 Å². The fourth-order valence-corrected chi connectivity index (χ4v) is 3.55. The number of rotatable bonds is 7. The van der Waals surface area contributed by atoms with E-state index < -0.39 is 0 Å². The second-order valence-corrected chi connectivity index (χ2v) is 7.00. The van der Waals surface area contributed by atoms with Crippen molar-refractivity contribution < 1.29 is 9.90 Å². The predicted molar refractivity (Wildman–Crippen MR) is 107 cm³/mol. The summed E-state index contributed by atoms with van der Waals surface area (Å²) in [5.74, 6) is 0.408. The topological polar surface area (TPSA) is 91.5 Å². The number of pyridine rings is 1. The van der Waals surface area contributed by atoms with Gasteiger partial charge in [0.15, 0.2) is 0 Å². The van der Waals surface area contributed by atoms with Gasteiger partial charge in [0, 0.05) is 30.3 Å². The number of anilines is 1. The number of hydrogen-bond acceptors (Lipinski definition) is 5. The fourth-order valence-electron chi connectivity index (χ4n) is 3.55. The molecule has 1 unspecified atom stereocenters. The lowest BCUT2D eigenvalue weighted by molar-refractivity contribution is 0.0868. The summed E-state index contributed by atoms with van der Waals surface area (Å²) in [7, 11) is 0. The van der Waals surface area contributed by atoms with Gasteiger partial charge in [-0.2, -0.15) is 0 Å². The molecule has 3 rings (SSSR count). The highest BCUT2D eigenvalue weighted by Gasteiger charge is 2.20. The number of nitrogens with zero attached hydrogens (tertiary/aromatic N) is 2. The molecule has 6 heteroatoms. The molecule has 1 aromatic heterocycles. The number of benzene rings is 1. The number of nitrogen functional groups attached to an aromatic ring is 1. The molecule has 0 saturated carbocycles. The maximum atomic E-state index is 12.3. The van der Waals surface area contributed by atoms with Crippen LogP contribution in [0.15, 0.2) is 42.5 Å². The van der Waals surface area contributed by atoms with Crippen LogP contribution in [-0.4, -0.2) is 53.2 Å². The Balaban J connectivity index is 1.47. The second-order valence-electron chi connectivity index (χ2n) is 7.00. The van der Waals surface area contributed by atoms with Gasteiger partial charge in [0.25, 0.3) is 5.91 Å². The maximum Gasteiger partial charge on any atom is 0.251 e. The Hall–Kier alpha value is -2.44. The molecule has 6 nitrogen and oxygen atoms in total. The van der Waals surface area contributed by atoms with Crippen LogP contribution in [-0.2, 0) is 0 Å². The third-order valence-corrected chi connectivity index (χ3v) is 5.08. The van der Waals surface area contributed by atoms with E-state index in [9.17, 15) is 9.90 Å². The molecule has 144 valence electrons. The number of aliphatic hydroxyl groups excluding tert-OH is 1. The molecule has 27 heavy (non-hydrogen) atoms. The van der Waals surface area contributed by atoms with E-state index >= 15 is 0 Å². The minimum absolute atomic E-state index is 0.0700. The largest absolute Gasteiger partial charge is 0.395 e. The molecule has 4 N–H and O–H groups in total. The Bertz CT molecular complexity index is 748. The lowest BCUT2D eigenvalue weighted by atomic mass is 10.0. The number of nitrogens with two attached hydrogens (primary N) is 1. The molecule has 1 fully saturated rings. The van der Waals surface area contributed by atoms with E-state index in [0.29, 0.717) is 17.9 Å². The van der Waals surface area contributed by atoms with Gasteiger partial charge in [0.1, 0.15) is 5.82 Å². The van der Waals surface area contributed by atoms with Gasteiger partial charge in [-0.25, -0.2) is 4.98 Å². The Kier molecular flexibility index (Phi) is 6.79. The zero-order valence-corrected chi connectivity index (χ0v) is 15.6. The summed E-state index contributed by atoms with van der Waals surface area (Å²) in [6.07, 6.45) is 4.33. The van der Waals surface area contributed by atoms with Crippen molar-refractivity contribution in [2.24, 2.45) is 0 Å². The first-order valence-corrected chi connectivity index (χ1v) is 9.63. The molecule has 0 bridgehead atoms. The van der Waals surface area contributed by atoms with E-state index in [0.717, 1.165) is 37.2 Å². The number of hydrogen-bond donors (Lipinski definition) is 3. The van der Waals surface area contributed by atoms with Gasteiger partial charge in [-0.05, 0) is 50.1 Å². The first-order valence-electron chi connectivity index (χ1n) is 9.63. The van der Waals surface area contributed by atoms with Crippen LogP contribution in [0.5, 0.6) is 0 Å². The number of aromatic nitrogens is 1. The van der Waals surface area contributed by atoms with Crippen LogP contribution in [0.4, 0.5) is 5.82 Å². The van der Waals surface area contributed by atoms with E-state index in [1.54, 1.807) is 6.07 Å². The lowest BCUT2D eigenvalue weighted by Gasteiger charge is -2.34. The minimum atomic E-state index is -0.0700. The molecule has 2 aromatic rings. The Labute approximate surface area is 160 Å². The summed E-state index contributed by atoms with van der Waals surface area (Å²) in [6.45, 7) is 2.80. The summed E-state index contributed by atoms with van der Waals surface area (Å²) < 4.78 is 0. The third kappa shape index (κ3) is 5.28. The third-order valence-electron chi connectivity index (χ3n) is 5.08. The monoisotopic (exact) mass is 368 g/mol. The first kappa shape index (κ1) is 19.3. The summed E-state index contributed by atoms with van der Waals surface area (Å²) >= 11 is 0.